The molecule has 1 aromatic rings. The van der Waals surface area contributed by atoms with E-state index in [4.69, 9.17) is 0 Å². The molecule has 0 aromatic carbocycles. The zero-order valence-electron chi connectivity index (χ0n) is 12.2. The second-order valence-electron chi connectivity index (χ2n) is 4.91. The van der Waals surface area contributed by atoms with Crippen LogP contribution in [-0.2, 0) is 0 Å². The summed E-state index contributed by atoms with van der Waals surface area (Å²) in [7, 11) is 0. The van der Waals surface area contributed by atoms with Gasteiger partial charge in [0.1, 0.15) is 11.6 Å². The van der Waals surface area contributed by atoms with Crippen LogP contribution in [0.4, 0.5) is 11.6 Å². The second-order valence-corrected chi connectivity index (χ2v) is 4.91. The highest BCUT2D eigenvalue weighted by atomic mass is 15.2. The van der Waals surface area contributed by atoms with Crippen LogP contribution in [0, 0.1) is 0 Å². The van der Waals surface area contributed by atoms with Crippen molar-refractivity contribution in [1.82, 2.24) is 4.98 Å². The van der Waals surface area contributed by atoms with Gasteiger partial charge in [-0.25, -0.2) is 4.98 Å². The molecule has 0 aliphatic carbocycles. The molecule has 18 heavy (non-hydrogen) atoms. The molecule has 1 N–H and O–H groups in total. The number of hydrogen-bond donors (Lipinski definition) is 1. The molecule has 0 spiro atoms. The van der Waals surface area contributed by atoms with Crippen molar-refractivity contribution in [3.8, 4) is 0 Å². The molecule has 0 saturated heterocycles. The number of rotatable bonds is 8. The zero-order chi connectivity index (χ0) is 13.4. The summed E-state index contributed by atoms with van der Waals surface area (Å²) in [6.07, 6.45) is 3.79. The van der Waals surface area contributed by atoms with Crippen molar-refractivity contribution < 1.29 is 0 Å². The van der Waals surface area contributed by atoms with Crippen molar-refractivity contribution in [2.45, 2.75) is 53.0 Å². The van der Waals surface area contributed by atoms with Gasteiger partial charge < -0.3 is 10.2 Å². The van der Waals surface area contributed by atoms with E-state index in [0.29, 0.717) is 6.04 Å². The molecule has 3 heteroatoms. The fourth-order valence-corrected chi connectivity index (χ4v) is 2.03. The third kappa shape index (κ3) is 4.55. The van der Waals surface area contributed by atoms with Gasteiger partial charge >= 0.3 is 0 Å². The molecular weight excluding hydrogens is 222 g/mol. The number of nitrogens with zero attached hydrogens (tertiary/aromatic N) is 2. The molecule has 0 atom stereocenters. The Bertz CT molecular complexity index is 336. The largest absolute Gasteiger partial charge is 0.370 e. The minimum absolute atomic E-state index is 0.492. The van der Waals surface area contributed by atoms with Gasteiger partial charge in [-0.1, -0.05) is 25.8 Å². The van der Waals surface area contributed by atoms with E-state index in [2.05, 4.69) is 55.0 Å². The van der Waals surface area contributed by atoms with Crippen molar-refractivity contribution >= 4 is 11.6 Å². The molecule has 1 aromatic heterocycles. The molecule has 0 amide bonds. The van der Waals surface area contributed by atoms with E-state index in [9.17, 15) is 0 Å². The van der Waals surface area contributed by atoms with Crippen molar-refractivity contribution in [1.29, 1.82) is 0 Å². The molecule has 0 bridgehead atoms. The Labute approximate surface area is 112 Å². The SMILES string of the molecule is CCCCCN(c1cccc(NCC)n1)C(C)C. The van der Waals surface area contributed by atoms with Crippen molar-refractivity contribution in [3.63, 3.8) is 0 Å². The van der Waals surface area contributed by atoms with Gasteiger partial charge in [0.05, 0.1) is 0 Å². The first-order chi connectivity index (χ1) is 8.69. The van der Waals surface area contributed by atoms with Crippen LogP contribution in [0.2, 0.25) is 0 Å². The number of pyridine rings is 1. The summed E-state index contributed by atoms with van der Waals surface area (Å²) in [5, 5.41) is 3.27. The van der Waals surface area contributed by atoms with E-state index in [0.717, 1.165) is 24.7 Å². The van der Waals surface area contributed by atoms with E-state index in [1.807, 2.05) is 6.07 Å². The van der Waals surface area contributed by atoms with E-state index in [1.54, 1.807) is 0 Å². The highest BCUT2D eigenvalue weighted by Crippen LogP contribution is 2.17. The van der Waals surface area contributed by atoms with Crippen molar-refractivity contribution in [3.05, 3.63) is 18.2 Å². The summed E-state index contributed by atoms with van der Waals surface area (Å²) in [5.41, 5.74) is 0. The summed E-state index contributed by atoms with van der Waals surface area (Å²) in [5.74, 6) is 2.05. The van der Waals surface area contributed by atoms with Crippen LogP contribution < -0.4 is 10.2 Å². The van der Waals surface area contributed by atoms with E-state index in [-0.39, 0.29) is 0 Å². The lowest BCUT2D eigenvalue weighted by Gasteiger charge is -2.28. The Morgan fingerprint density at radius 1 is 1.22 bits per heavy atom. The summed E-state index contributed by atoms with van der Waals surface area (Å²) < 4.78 is 0. The monoisotopic (exact) mass is 249 g/mol. The van der Waals surface area contributed by atoms with E-state index in [1.165, 1.54) is 19.3 Å². The average molecular weight is 249 g/mol. The molecule has 1 rings (SSSR count). The fourth-order valence-electron chi connectivity index (χ4n) is 2.03. The van der Waals surface area contributed by atoms with Gasteiger partial charge in [0.25, 0.3) is 0 Å². The third-order valence-corrected chi connectivity index (χ3v) is 3.01. The lowest BCUT2D eigenvalue weighted by molar-refractivity contribution is 0.620. The predicted molar refractivity (Wildman–Crippen MR) is 80.4 cm³/mol. The van der Waals surface area contributed by atoms with Gasteiger partial charge in [0, 0.05) is 19.1 Å². The number of unbranched alkanes of at least 4 members (excludes halogenated alkanes) is 2. The van der Waals surface area contributed by atoms with Crippen LogP contribution >= 0.6 is 0 Å². The Morgan fingerprint density at radius 2 is 2.00 bits per heavy atom. The molecule has 0 radical (unpaired) electrons. The predicted octanol–water partition coefficient (Wildman–Crippen LogP) is 3.92. The van der Waals surface area contributed by atoms with Crippen LogP contribution in [0.25, 0.3) is 0 Å². The fraction of sp³-hybridized carbons (Fsp3) is 0.667. The maximum absolute atomic E-state index is 4.68. The zero-order valence-corrected chi connectivity index (χ0v) is 12.2. The second kappa shape index (κ2) is 7.96. The summed E-state index contributed by atoms with van der Waals surface area (Å²) in [4.78, 5) is 7.06. The molecule has 0 unspecified atom stereocenters. The third-order valence-electron chi connectivity index (χ3n) is 3.01. The molecule has 0 aliphatic heterocycles. The van der Waals surface area contributed by atoms with Crippen LogP contribution in [-0.4, -0.2) is 24.1 Å². The van der Waals surface area contributed by atoms with Gasteiger partial charge in [0.15, 0.2) is 0 Å². The van der Waals surface area contributed by atoms with Gasteiger partial charge in [-0.2, -0.15) is 0 Å². The first-order valence-electron chi connectivity index (χ1n) is 7.16. The van der Waals surface area contributed by atoms with Crippen LogP contribution in [0.15, 0.2) is 18.2 Å². The first kappa shape index (κ1) is 14.8. The number of anilines is 2. The molecule has 3 nitrogen and oxygen atoms in total. The van der Waals surface area contributed by atoms with Crippen LogP contribution in [0.1, 0.15) is 47.0 Å². The Kier molecular flexibility index (Phi) is 6.55. The Hall–Kier alpha value is -1.25. The minimum Gasteiger partial charge on any atom is -0.370 e. The van der Waals surface area contributed by atoms with Gasteiger partial charge in [-0.15, -0.1) is 0 Å². The molecular formula is C15H27N3. The van der Waals surface area contributed by atoms with Gasteiger partial charge in [0.2, 0.25) is 0 Å². The summed E-state index contributed by atoms with van der Waals surface area (Å²) in [6, 6.07) is 6.70. The Balaban J connectivity index is 2.74. The van der Waals surface area contributed by atoms with E-state index < -0.39 is 0 Å². The maximum Gasteiger partial charge on any atom is 0.131 e. The Morgan fingerprint density at radius 3 is 2.61 bits per heavy atom. The highest BCUT2D eigenvalue weighted by molar-refractivity contribution is 5.47. The first-order valence-corrected chi connectivity index (χ1v) is 7.16. The minimum atomic E-state index is 0.492. The van der Waals surface area contributed by atoms with Crippen molar-refractivity contribution in [2.24, 2.45) is 0 Å². The molecule has 0 fully saturated rings. The van der Waals surface area contributed by atoms with Crippen LogP contribution in [0.3, 0.4) is 0 Å². The quantitative estimate of drug-likeness (QED) is 0.708. The highest BCUT2D eigenvalue weighted by Gasteiger charge is 2.11. The molecule has 0 aliphatic rings. The van der Waals surface area contributed by atoms with Crippen molar-refractivity contribution in [2.75, 3.05) is 23.3 Å². The summed E-state index contributed by atoms with van der Waals surface area (Å²) >= 11 is 0. The number of hydrogen-bond acceptors (Lipinski definition) is 3. The molecule has 0 saturated carbocycles. The lowest BCUT2D eigenvalue weighted by Crippen LogP contribution is -2.32. The maximum atomic E-state index is 4.68. The standard InChI is InChI=1S/C15H27N3/c1-5-7-8-12-18(13(3)4)15-11-9-10-14(17-15)16-6-2/h9-11,13H,5-8,12H2,1-4H3,(H,16,17). The van der Waals surface area contributed by atoms with Crippen LogP contribution in [0.5, 0.6) is 0 Å². The normalized spacial score (nSPS) is 10.7. The number of nitrogens with one attached hydrogen (secondary N) is 1. The van der Waals surface area contributed by atoms with E-state index >= 15 is 0 Å². The smallest absolute Gasteiger partial charge is 0.131 e. The average Bonchev–Trinajstić information content (AvgIpc) is 2.35. The molecule has 1 heterocycles. The summed E-state index contributed by atoms with van der Waals surface area (Å²) in [6.45, 7) is 10.8. The lowest BCUT2D eigenvalue weighted by atomic mass is 10.2. The topological polar surface area (TPSA) is 28.2 Å². The van der Waals surface area contributed by atoms with Gasteiger partial charge in [-0.05, 0) is 39.3 Å². The van der Waals surface area contributed by atoms with Gasteiger partial charge in [-0.3, -0.25) is 0 Å². The molecule has 102 valence electrons. The number of aromatic nitrogens is 1.